The second-order valence-corrected chi connectivity index (χ2v) is 12.7. The minimum Gasteiger partial charge on any atom is -0.493 e. The lowest BCUT2D eigenvalue weighted by molar-refractivity contribution is 0.306. The minimum absolute atomic E-state index is 0.0942. The summed E-state index contributed by atoms with van der Waals surface area (Å²) in [6.07, 6.45) is 3.58. The number of benzene rings is 4. The van der Waals surface area contributed by atoms with E-state index in [2.05, 4.69) is 18.2 Å². The number of methoxy groups -OCH3 is 2. The normalized spacial score (nSPS) is 15.6. The van der Waals surface area contributed by atoms with E-state index in [4.69, 9.17) is 42.4 Å². The Bertz CT molecular complexity index is 2170. The number of hydrogen-bond acceptors (Lipinski definition) is 6. The Kier molecular flexibility index (Phi) is 8.00. The Labute approximate surface area is 274 Å². The first kappa shape index (κ1) is 29.4. The van der Waals surface area contributed by atoms with E-state index in [1.54, 1.807) is 26.4 Å². The van der Waals surface area contributed by atoms with Crippen LogP contribution in [0.25, 0.3) is 11.8 Å². The Morgan fingerprint density at radius 1 is 0.933 bits per heavy atom. The molecule has 5 aromatic rings. The van der Waals surface area contributed by atoms with Crippen molar-refractivity contribution in [2.45, 2.75) is 25.5 Å². The lowest BCUT2D eigenvalue weighted by Gasteiger charge is -2.31. The van der Waals surface area contributed by atoms with Crippen LogP contribution in [-0.4, -0.2) is 18.8 Å². The highest BCUT2D eigenvalue weighted by Crippen LogP contribution is 2.42. The number of ether oxygens (including phenoxy) is 3. The van der Waals surface area contributed by atoms with Crippen LogP contribution < -0.4 is 29.1 Å². The summed E-state index contributed by atoms with van der Waals surface area (Å²) >= 11 is 13.8. The summed E-state index contributed by atoms with van der Waals surface area (Å²) in [7, 11) is 3.24. The van der Waals surface area contributed by atoms with Crippen LogP contribution in [0, 0.1) is 0 Å². The molecule has 1 atom stereocenters. The van der Waals surface area contributed by atoms with E-state index in [0.717, 1.165) is 46.4 Å². The molecular formula is C36H28Cl2N2O4S. The van der Waals surface area contributed by atoms with Crippen molar-refractivity contribution in [2.75, 3.05) is 14.2 Å². The number of aryl methyl sites for hydroxylation is 1. The van der Waals surface area contributed by atoms with Crippen molar-refractivity contribution in [3.05, 3.63) is 148 Å². The Morgan fingerprint density at radius 3 is 2.60 bits per heavy atom. The van der Waals surface area contributed by atoms with Gasteiger partial charge in [0.25, 0.3) is 5.56 Å². The van der Waals surface area contributed by atoms with E-state index in [-0.39, 0.29) is 11.6 Å². The summed E-state index contributed by atoms with van der Waals surface area (Å²) < 4.78 is 19.6. The van der Waals surface area contributed by atoms with Gasteiger partial charge in [-0.3, -0.25) is 9.36 Å². The molecule has 1 aliphatic heterocycles. The molecule has 0 amide bonds. The molecule has 0 saturated heterocycles. The molecule has 0 bridgehead atoms. The Balaban J connectivity index is 1.32. The summed E-state index contributed by atoms with van der Waals surface area (Å²) in [4.78, 5) is 20.0. The van der Waals surface area contributed by atoms with E-state index >= 15 is 0 Å². The predicted octanol–water partition coefficient (Wildman–Crippen LogP) is 7.22. The fourth-order valence-electron chi connectivity index (χ4n) is 5.99. The molecule has 1 aromatic heterocycles. The smallest absolute Gasteiger partial charge is 0.271 e. The maximum absolute atomic E-state index is 14.2. The fourth-order valence-corrected chi connectivity index (χ4v) is 7.45. The summed E-state index contributed by atoms with van der Waals surface area (Å²) in [5.74, 6) is 1.92. The average molecular weight is 656 g/mol. The van der Waals surface area contributed by atoms with Crippen molar-refractivity contribution < 1.29 is 14.2 Å². The first-order valence-electron chi connectivity index (χ1n) is 14.5. The third-order valence-corrected chi connectivity index (χ3v) is 9.73. The van der Waals surface area contributed by atoms with Gasteiger partial charge < -0.3 is 14.2 Å². The van der Waals surface area contributed by atoms with Gasteiger partial charge >= 0.3 is 0 Å². The molecule has 0 radical (unpaired) electrons. The van der Waals surface area contributed by atoms with Gasteiger partial charge in [0.05, 0.1) is 30.5 Å². The molecule has 0 saturated carbocycles. The predicted molar refractivity (Wildman–Crippen MR) is 180 cm³/mol. The molecule has 0 fully saturated rings. The van der Waals surface area contributed by atoms with Crippen molar-refractivity contribution in [3.8, 4) is 17.2 Å². The molecule has 226 valence electrons. The van der Waals surface area contributed by atoms with Gasteiger partial charge in [-0.15, -0.1) is 0 Å². The van der Waals surface area contributed by atoms with E-state index in [1.807, 2.05) is 65.2 Å². The monoisotopic (exact) mass is 654 g/mol. The number of thiazole rings is 1. The lowest BCUT2D eigenvalue weighted by Crippen LogP contribution is -2.38. The highest BCUT2D eigenvalue weighted by molar-refractivity contribution is 7.07. The maximum atomic E-state index is 14.2. The van der Waals surface area contributed by atoms with Crippen molar-refractivity contribution in [1.29, 1.82) is 0 Å². The van der Waals surface area contributed by atoms with E-state index in [0.29, 0.717) is 43.2 Å². The Morgan fingerprint density at radius 2 is 1.78 bits per heavy atom. The third kappa shape index (κ3) is 5.56. The molecule has 6 nitrogen and oxygen atoms in total. The van der Waals surface area contributed by atoms with Crippen LogP contribution in [0.2, 0.25) is 10.0 Å². The Hall–Kier alpha value is -4.30. The van der Waals surface area contributed by atoms with Gasteiger partial charge in [-0.25, -0.2) is 4.99 Å². The quantitative estimate of drug-likeness (QED) is 0.186. The maximum Gasteiger partial charge on any atom is 0.271 e. The highest BCUT2D eigenvalue weighted by Gasteiger charge is 2.33. The van der Waals surface area contributed by atoms with Crippen LogP contribution in [0.4, 0.5) is 0 Å². The number of halogens is 2. The first-order chi connectivity index (χ1) is 21.9. The second-order valence-electron chi connectivity index (χ2n) is 10.8. The summed E-state index contributed by atoms with van der Waals surface area (Å²) in [5, 5.41) is 1.12. The zero-order valence-corrected chi connectivity index (χ0v) is 26.9. The number of nitrogens with zero attached hydrogens (tertiary/aromatic N) is 2. The van der Waals surface area contributed by atoms with Crippen LogP contribution in [0.3, 0.4) is 0 Å². The molecule has 0 spiro atoms. The molecule has 4 aromatic carbocycles. The molecule has 7 rings (SSSR count). The minimum atomic E-state index is -0.328. The van der Waals surface area contributed by atoms with Crippen LogP contribution in [0.5, 0.6) is 17.2 Å². The summed E-state index contributed by atoms with van der Waals surface area (Å²) in [5.41, 5.74) is 6.98. The fraction of sp³-hybridized carbons (Fsp3) is 0.167. The van der Waals surface area contributed by atoms with Gasteiger partial charge in [0.1, 0.15) is 12.4 Å². The highest BCUT2D eigenvalue weighted by atomic mass is 35.5. The number of allylic oxidation sites excluding steroid dienone is 1. The zero-order chi connectivity index (χ0) is 31.1. The van der Waals surface area contributed by atoms with Crippen LogP contribution in [-0.2, 0) is 13.0 Å². The summed E-state index contributed by atoms with van der Waals surface area (Å²) in [6.45, 7) is 0.292. The van der Waals surface area contributed by atoms with E-state index in [1.165, 1.54) is 16.9 Å². The van der Waals surface area contributed by atoms with Crippen molar-refractivity contribution >= 4 is 46.3 Å². The van der Waals surface area contributed by atoms with E-state index in [9.17, 15) is 4.79 Å². The summed E-state index contributed by atoms with van der Waals surface area (Å²) in [6, 6.07) is 26.9. The first-order valence-corrected chi connectivity index (χ1v) is 16.0. The zero-order valence-electron chi connectivity index (χ0n) is 24.6. The van der Waals surface area contributed by atoms with Gasteiger partial charge in [0.2, 0.25) is 0 Å². The molecule has 9 heteroatoms. The van der Waals surface area contributed by atoms with E-state index < -0.39 is 0 Å². The number of aromatic nitrogens is 1. The standard InChI is InChI=1S/C36H28Cl2N2O4S/c1-42-30-15-12-23(18-31(30)43-2)34-28-14-11-22-7-3-4-9-27(22)33(28)39-36-40(34)35(41)32(45-36)17-21-6-5-8-26(16-21)44-20-24-10-13-25(37)19-29(24)38/h3-10,12-13,15-19,34H,11,14,20H2,1-2H3/b32-17+/t34-/m1/s1. The van der Waals surface area contributed by atoms with Crippen LogP contribution >= 0.6 is 34.5 Å². The van der Waals surface area contributed by atoms with Gasteiger partial charge in [-0.2, -0.15) is 0 Å². The van der Waals surface area contributed by atoms with Gasteiger partial charge in [0, 0.05) is 21.2 Å². The molecule has 0 N–H and O–H groups in total. The molecular weight excluding hydrogens is 627 g/mol. The number of fused-ring (bicyclic) bond motifs is 3. The van der Waals surface area contributed by atoms with Gasteiger partial charge in [-0.1, -0.05) is 83.1 Å². The van der Waals surface area contributed by atoms with Crippen molar-refractivity contribution in [3.63, 3.8) is 0 Å². The van der Waals surface area contributed by atoms with Crippen LogP contribution in [0.15, 0.2) is 100 Å². The number of rotatable bonds is 7. The number of hydrogen-bond donors (Lipinski definition) is 0. The molecule has 45 heavy (non-hydrogen) atoms. The van der Waals surface area contributed by atoms with Gasteiger partial charge in [-0.05, 0) is 77.6 Å². The lowest BCUT2D eigenvalue weighted by atomic mass is 9.83. The molecule has 0 unspecified atom stereocenters. The molecule has 1 aliphatic carbocycles. The van der Waals surface area contributed by atoms with Crippen molar-refractivity contribution in [1.82, 2.24) is 4.57 Å². The average Bonchev–Trinajstić information content (AvgIpc) is 3.36. The largest absolute Gasteiger partial charge is 0.493 e. The topological polar surface area (TPSA) is 62.0 Å². The molecule has 2 heterocycles. The third-order valence-electron chi connectivity index (χ3n) is 8.16. The SMILES string of the molecule is COc1ccc([C@@H]2C3=C(N=c4s/c(=C/c5cccc(OCc6ccc(Cl)cc6Cl)c5)c(=O)n42)c2ccccc2CC3)cc1OC. The van der Waals surface area contributed by atoms with Crippen molar-refractivity contribution in [2.24, 2.45) is 4.99 Å². The molecule has 2 aliphatic rings. The second kappa shape index (κ2) is 12.2. The van der Waals surface area contributed by atoms with Crippen LogP contribution in [0.1, 0.15) is 40.3 Å². The van der Waals surface area contributed by atoms with Gasteiger partial charge in [0.15, 0.2) is 16.3 Å².